The van der Waals surface area contributed by atoms with Crippen molar-refractivity contribution in [3.8, 4) is 5.75 Å². The molecule has 5 nitrogen and oxygen atoms in total. The number of nitrogens with zero attached hydrogens (tertiary/aromatic N) is 2. The maximum atomic E-state index is 13.1. The summed E-state index contributed by atoms with van der Waals surface area (Å²) in [5.74, 6) is 1.74. The summed E-state index contributed by atoms with van der Waals surface area (Å²) in [4.78, 5) is 29.5. The van der Waals surface area contributed by atoms with Crippen molar-refractivity contribution in [2.24, 2.45) is 17.8 Å². The van der Waals surface area contributed by atoms with Gasteiger partial charge in [0.1, 0.15) is 17.6 Å². The number of ketones is 1. The number of amides is 1. The molecule has 3 aliphatic rings. The fourth-order valence-corrected chi connectivity index (χ4v) is 5.16. The smallest absolute Gasteiger partial charge is 0.225 e. The molecule has 0 spiro atoms. The van der Waals surface area contributed by atoms with Gasteiger partial charge < -0.3 is 14.5 Å². The summed E-state index contributed by atoms with van der Waals surface area (Å²) in [6.45, 7) is 4.44. The van der Waals surface area contributed by atoms with Gasteiger partial charge in [0.05, 0.1) is 18.8 Å². The van der Waals surface area contributed by atoms with E-state index in [-0.39, 0.29) is 29.8 Å². The van der Waals surface area contributed by atoms with Gasteiger partial charge in [-0.15, -0.1) is 0 Å². The Morgan fingerprint density at radius 3 is 2.63 bits per heavy atom. The summed E-state index contributed by atoms with van der Waals surface area (Å²) in [7, 11) is 1.88. The Hall–Kier alpha value is -2.04. The van der Waals surface area contributed by atoms with Gasteiger partial charge >= 0.3 is 0 Å². The first-order valence-corrected chi connectivity index (χ1v) is 10.4. The van der Waals surface area contributed by atoms with Crippen LogP contribution in [0, 0.1) is 17.8 Å². The van der Waals surface area contributed by atoms with Crippen LogP contribution in [0.5, 0.6) is 5.75 Å². The highest BCUT2D eigenvalue weighted by molar-refractivity contribution is 5.88. The van der Waals surface area contributed by atoms with Crippen molar-refractivity contribution < 1.29 is 14.3 Å². The summed E-state index contributed by atoms with van der Waals surface area (Å²) in [6, 6.07) is 8.10. The number of para-hydroxylation sites is 2. The number of carbonyl (C=O) groups is 2. The summed E-state index contributed by atoms with van der Waals surface area (Å²) < 4.78 is 6.17. The molecule has 0 radical (unpaired) electrons. The number of hydrogen-bond donors (Lipinski definition) is 0. The van der Waals surface area contributed by atoms with Crippen LogP contribution in [0.3, 0.4) is 0 Å². The molecule has 4 rings (SSSR count). The fraction of sp³-hybridized carbons (Fsp3) is 0.636. The number of benzene rings is 1. The van der Waals surface area contributed by atoms with E-state index in [0.717, 1.165) is 56.6 Å². The Morgan fingerprint density at radius 2 is 1.93 bits per heavy atom. The van der Waals surface area contributed by atoms with E-state index in [2.05, 4.69) is 17.9 Å². The molecule has 146 valence electrons. The van der Waals surface area contributed by atoms with Gasteiger partial charge in [-0.1, -0.05) is 18.6 Å². The van der Waals surface area contributed by atoms with Gasteiger partial charge in [0.25, 0.3) is 0 Å². The minimum absolute atomic E-state index is 0.00107. The zero-order valence-electron chi connectivity index (χ0n) is 16.4. The Labute approximate surface area is 161 Å². The van der Waals surface area contributed by atoms with Crippen LogP contribution in [-0.2, 0) is 9.59 Å². The molecule has 5 heteroatoms. The van der Waals surface area contributed by atoms with Crippen molar-refractivity contribution in [1.29, 1.82) is 0 Å². The van der Waals surface area contributed by atoms with Gasteiger partial charge in [0.2, 0.25) is 5.91 Å². The van der Waals surface area contributed by atoms with E-state index >= 15 is 0 Å². The first kappa shape index (κ1) is 18.3. The summed E-state index contributed by atoms with van der Waals surface area (Å²) in [5, 5.41) is 0. The van der Waals surface area contributed by atoms with Gasteiger partial charge in [-0.3, -0.25) is 9.59 Å². The predicted octanol–water partition coefficient (Wildman–Crippen LogP) is 3.13. The van der Waals surface area contributed by atoms with Gasteiger partial charge in [-0.2, -0.15) is 0 Å². The minimum Gasteiger partial charge on any atom is -0.485 e. The van der Waals surface area contributed by atoms with Crippen molar-refractivity contribution in [3.63, 3.8) is 0 Å². The lowest BCUT2D eigenvalue weighted by Crippen LogP contribution is -2.49. The van der Waals surface area contributed by atoms with Crippen LogP contribution in [-0.4, -0.2) is 49.4 Å². The molecular weight excluding hydrogens is 340 g/mol. The third-order valence-corrected chi connectivity index (χ3v) is 6.56. The SMILES string of the molecule is CCN1CC(CN(C)C(=O)C2CC3CCCC(C2)C3=O)Oc2ccccc21. The lowest BCUT2D eigenvalue weighted by molar-refractivity contribution is -0.143. The zero-order chi connectivity index (χ0) is 19.0. The van der Waals surface area contributed by atoms with E-state index in [9.17, 15) is 9.59 Å². The molecule has 1 amide bonds. The fourth-order valence-electron chi connectivity index (χ4n) is 5.16. The van der Waals surface area contributed by atoms with Crippen molar-refractivity contribution in [3.05, 3.63) is 24.3 Å². The van der Waals surface area contributed by atoms with Crippen LogP contribution in [0.2, 0.25) is 0 Å². The van der Waals surface area contributed by atoms with Crippen LogP contribution in [0.15, 0.2) is 24.3 Å². The van der Waals surface area contributed by atoms with Crippen LogP contribution < -0.4 is 9.64 Å². The number of anilines is 1. The van der Waals surface area contributed by atoms with Gasteiger partial charge in [-0.05, 0) is 44.7 Å². The standard InChI is InChI=1S/C22H30N2O3/c1-3-24-14-18(27-20-10-5-4-9-19(20)24)13-23(2)22(26)17-11-15-7-6-8-16(12-17)21(15)25/h4-5,9-10,15-18H,3,6-8,11-14H2,1-2H3. The van der Waals surface area contributed by atoms with Crippen LogP contribution >= 0.6 is 0 Å². The number of ether oxygens (including phenoxy) is 1. The average Bonchev–Trinajstić information content (AvgIpc) is 2.66. The monoisotopic (exact) mass is 370 g/mol. The van der Waals surface area contributed by atoms with Crippen molar-refractivity contribution in [2.75, 3.05) is 31.6 Å². The summed E-state index contributed by atoms with van der Waals surface area (Å²) in [6.07, 6.45) is 4.54. The molecule has 27 heavy (non-hydrogen) atoms. The highest BCUT2D eigenvalue weighted by Crippen LogP contribution is 2.40. The molecule has 2 bridgehead atoms. The summed E-state index contributed by atoms with van der Waals surface area (Å²) in [5.41, 5.74) is 1.13. The number of likely N-dealkylation sites (N-methyl/N-ethyl adjacent to an activating group) is 2. The first-order chi connectivity index (χ1) is 13.1. The molecule has 0 saturated heterocycles. The summed E-state index contributed by atoms with van der Waals surface area (Å²) >= 11 is 0. The van der Waals surface area contributed by atoms with Crippen LogP contribution in [0.4, 0.5) is 5.69 Å². The first-order valence-electron chi connectivity index (χ1n) is 10.4. The van der Waals surface area contributed by atoms with E-state index in [1.807, 2.05) is 30.1 Å². The van der Waals surface area contributed by atoms with E-state index < -0.39 is 0 Å². The van der Waals surface area contributed by atoms with Crippen LogP contribution in [0.25, 0.3) is 0 Å². The molecule has 0 N–H and O–H groups in total. The molecule has 1 aromatic rings. The molecule has 2 fully saturated rings. The number of rotatable bonds is 4. The zero-order valence-corrected chi connectivity index (χ0v) is 16.4. The lowest BCUT2D eigenvalue weighted by Gasteiger charge is -2.40. The van der Waals surface area contributed by atoms with Crippen LogP contribution in [0.1, 0.15) is 39.0 Å². The molecule has 0 aromatic heterocycles. The van der Waals surface area contributed by atoms with E-state index in [4.69, 9.17) is 4.74 Å². The van der Waals surface area contributed by atoms with E-state index in [1.165, 1.54) is 0 Å². The normalized spacial score (nSPS) is 29.7. The van der Waals surface area contributed by atoms with E-state index in [1.54, 1.807) is 0 Å². The number of hydrogen-bond acceptors (Lipinski definition) is 4. The molecular formula is C22H30N2O3. The molecule has 2 saturated carbocycles. The number of Topliss-reactive ketones (excluding diaryl/α,β-unsaturated/α-hetero) is 1. The molecule has 1 aromatic carbocycles. The second-order valence-corrected chi connectivity index (χ2v) is 8.36. The Kier molecular flexibility index (Phi) is 5.11. The minimum atomic E-state index is -0.0291. The van der Waals surface area contributed by atoms with Crippen molar-refractivity contribution in [2.45, 2.75) is 45.1 Å². The van der Waals surface area contributed by atoms with Crippen molar-refractivity contribution in [1.82, 2.24) is 4.90 Å². The Bertz CT molecular complexity index is 703. The van der Waals surface area contributed by atoms with Gasteiger partial charge in [0, 0.05) is 31.3 Å². The molecule has 1 heterocycles. The van der Waals surface area contributed by atoms with Gasteiger partial charge in [-0.25, -0.2) is 0 Å². The lowest BCUT2D eigenvalue weighted by atomic mass is 9.67. The number of carbonyl (C=O) groups excluding carboxylic acids is 2. The maximum absolute atomic E-state index is 13.1. The third kappa shape index (κ3) is 3.56. The highest BCUT2D eigenvalue weighted by Gasteiger charge is 2.42. The van der Waals surface area contributed by atoms with E-state index in [0.29, 0.717) is 12.3 Å². The second kappa shape index (κ2) is 7.53. The molecule has 3 atom stereocenters. The largest absolute Gasteiger partial charge is 0.485 e. The number of fused-ring (bicyclic) bond motifs is 3. The second-order valence-electron chi connectivity index (χ2n) is 8.36. The van der Waals surface area contributed by atoms with Crippen molar-refractivity contribution >= 4 is 17.4 Å². The Balaban J connectivity index is 1.40. The quantitative estimate of drug-likeness (QED) is 0.817. The average molecular weight is 370 g/mol. The molecule has 2 aliphatic carbocycles. The molecule has 1 aliphatic heterocycles. The predicted molar refractivity (Wildman–Crippen MR) is 105 cm³/mol. The Morgan fingerprint density at radius 1 is 1.22 bits per heavy atom. The molecule has 3 unspecified atom stereocenters. The topological polar surface area (TPSA) is 49.9 Å². The third-order valence-electron chi connectivity index (χ3n) is 6.56. The maximum Gasteiger partial charge on any atom is 0.225 e. The van der Waals surface area contributed by atoms with Gasteiger partial charge in [0.15, 0.2) is 0 Å². The highest BCUT2D eigenvalue weighted by atomic mass is 16.5.